The van der Waals surface area contributed by atoms with Gasteiger partial charge in [0.05, 0.1) is 16.1 Å². The summed E-state index contributed by atoms with van der Waals surface area (Å²) in [5.74, 6) is 0. The number of benzene rings is 3. The second kappa shape index (κ2) is 10.5. The average Bonchev–Trinajstić information content (AvgIpc) is 3.29. The van der Waals surface area contributed by atoms with E-state index in [9.17, 15) is 4.79 Å². The molecule has 0 N–H and O–H groups in total. The van der Waals surface area contributed by atoms with Crippen LogP contribution < -0.4 is 5.63 Å². The first-order chi connectivity index (χ1) is 15.8. The topological polar surface area (TPSA) is 56.0 Å². The average molecular weight is 628 g/mol. The number of nitrogens with zero attached hydrogens (tertiary/aromatic N) is 2. The summed E-state index contributed by atoms with van der Waals surface area (Å²) < 4.78 is 6.37. The van der Waals surface area contributed by atoms with Gasteiger partial charge < -0.3 is 9.40 Å². The Kier molecular flexibility index (Phi) is 7.23. The third kappa shape index (κ3) is 5.16. The van der Waals surface area contributed by atoms with Crippen molar-refractivity contribution < 1.29 is 25.5 Å². The molecule has 6 rings (SSSR count). The zero-order valence-corrected chi connectivity index (χ0v) is 20.3. The predicted octanol–water partition coefficient (Wildman–Crippen LogP) is 6.42. The molecular formula is C27H16N2O2PtS. The van der Waals surface area contributed by atoms with Crippen LogP contribution in [0.3, 0.4) is 0 Å². The number of para-hydroxylation sites is 2. The van der Waals surface area contributed by atoms with Gasteiger partial charge in [0.15, 0.2) is 0 Å². The first-order valence-electron chi connectivity index (χ1n) is 9.97. The second-order valence-electron chi connectivity index (χ2n) is 6.86. The second-order valence-corrected chi connectivity index (χ2v) is 7.89. The van der Waals surface area contributed by atoms with Crippen LogP contribution in [0.2, 0.25) is 0 Å². The fourth-order valence-corrected chi connectivity index (χ4v) is 4.14. The SMILES string of the molecule is O=c1oc2ccccc2[c-]c1-c1nc2ccccc2s1.[Pt+2].[c-]1ccccc1-c1ccccn1. The molecule has 0 bridgehead atoms. The molecule has 3 heterocycles. The van der Waals surface area contributed by atoms with E-state index in [0.717, 1.165) is 26.9 Å². The molecule has 6 aromatic rings. The van der Waals surface area contributed by atoms with Crippen LogP contribution >= 0.6 is 11.3 Å². The molecule has 0 radical (unpaired) electrons. The Labute approximate surface area is 208 Å². The predicted molar refractivity (Wildman–Crippen MR) is 128 cm³/mol. The van der Waals surface area contributed by atoms with Gasteiger partial charge in [0.2, 0.25) is 0 Å². The van der Waals surface area contributed by atoms with Gasteiger partial charge in [-0.05, 0) is 29.5 Å². The molecule has 3 aromatic carbocycles. The molecule has 0 amide bonds. The molecule has 6 heteroatoms. The summed E-state index contributed by atoms with van der Waals surface area (Å²) in [7, 11) is 0. The number of fused-ring (bicyclic) bond motifs is 2. The zero-order chi connectivity index (χ0) is 21.8. The molecule has 0 saturated heterocycles. The molecule has 0 fully saturated rings. The number of pyridine rings is 1. The molecular weight excluding hydrogens is 611 g/mol. The maximum Gasteiger partial charge on any atom is 2.00 e. The van der Waals surface area contributed by atoms with Gasteiger partial charge in [0, 0.05) is 10.9 Å². The molecule has 0 spiro atoms. The Morgan fingerprint density at radius 1 is 0.848 bits per heavy atom. The normalized spacial score (nSPS) is 10.3. The van der Waals surface area contributed by atoms with E-state index >= 15 is 0 Å². The van der Waals surface area contributed by atoms with Crippen molar-refractivity contribution in [3.63, 3.8) is 0 Å². The summed E-state index contributed by atoms with van der Waals surface area (Å²) in [4.78, 5) is 20.8. The Morgan fingerprint density at radius 3 is 2.42 bits per heavy atom. The van der Waals surface area contributed by atoms with Crippen LogP contribution in [0.1, 0.15) is 0 Å². The first-order valence-corrected chi connectivity index (χ1v) is 10.8. The van der Waals surface area contributed by atoms with Crippen LogP contribution in [0.5, 0.6) is 0 Å². The quantitative estimate of drug-likeness (QED) is 0.164. The van der Waals surface area contributed by atoms with Crippen molar-refractivity contribution >= 4 is 32.5 Å². The Morgan fingerprint density at radius 2 is 1.64 bits per heavy atom. The van der Waals surface area contributed by atoms with E-state index in [4.69, 9.17) is 4.42 Å². The summed E-state index contributed by atoms with van der Waals surface area (Å²) >= 11 is 1.47. The zero-order valence-electron chi connectivity index (χ0n) is 17.2. The third-order valence-electron chi connectivity index (χ3n) is 4.71. The monoisotopic (exact) mass is 627 g/mol. The van der Waals surface area contributed by atoms with Crippen molar-refractivity contribution in [3.05, 3.63) is 120 Å². The van der Waals surface area contributed by atoms with Crippen LogP contribution in [0.25, 0.3) is 43.0 Å². The Balaban J connectivity index is 0.000000172. The van der Waals surface area contributed by atoms with Gasteiger partial charge in [0.25, 0.3) is 5.63 Å². The Hall–Kier alpha value is -3.40. The van der Waals surface area contributed by atoms with Gasteiger partial charge in [-0.25, -0.2) is 0 Å². The summed E-state index contributed by atoms with van der Waals surface area (Å²) in [6.07, 6.45) is 1.79. The van der Waals surface area contributed by atoms with Crippen molar-refractivity contribution in [2.45, 2.75) is 0 Å². The standard InChI is InChI=1S/C16H8NO2S.C11H8N.Pt/c18-16-11(9-10-5-1-3-7-13(10)19-16)15-17-12-6-2-4-8-14(12)20-15;1-2-6-10(7-3-1)11-8-4-5-9-12-11;/h1-8H;1-6,8-9H;/q2*-1;+2. The van der Waals surface area contributed by atoms with Crippen LogP contribution in [-0.2, 0) is 21.1 Å². The Bertz CT molecular complexity index is 1480. The smallest absolute Gasteiger partial charge is 0.496 e. The molecule has 0 atom stereocenters. The molecule has 0 aliphatic carbocycles. The number of hydrogen-bond acceptors (Lipinski definition) is 5. The number of rotatable bonds is 2. The fourth-order valence-electron chi connectivity index (χ4n) is 3.19. The van der Waals surface area contributed by atoms with E-state index in [-0.39, 0.29) is 21.1 Å². The minimum absolute atomic E-state index is 0. The molecule has 0 aliphatic rings. The molecule has 0 saturated carbocycles. The maximum absolute atomic E-state index is 12.1. The van der Waals surface area contributed by atoms with E-state index in [2.05, 4.69) is 22.1 Å². The summed E-state index contributed by atoms with van der Waals surface area (Å²) in [6.45, 7) is 0. The van der Waals surface area contributed by atoms with Crippen LogP contribution in [0, 0.1) is 12.1 Å². The molecule has 4 nitrogen and oxygen atoms in total. The van der Waals surface area contributed by atoms with E-state index in [1.54, 1.807) is 12.3 Å². The summed E-state index contributed by atoms with van der Waals surface area (Å²) in [5, 5.41) is 1.42. The van der Waals surface area contributed by atoms with Crippen molar-refractivity contribution in [1.82, 2.24) is 9.97 Å². The molecule has 3 aromatic heterocycles. The number of thiazole rings is 1. The van der Waals surface area contributed by atoms with Crippen molar-refractivity contribution in [2.75, 3.05) is 0 Å². The van der Waals surface area contributed by atoms with E-state index in [1.165, 1.54) is 11.3 Å². The van der Waals surface area contributed by atoms with Gasteiger partial charge in [-0.15, -0.1) is 48.0 Å². The molecule has 162 valence electrons. The first kappa shape index (κ1) is 22.8. The van der Waals surface area contributed by atoms with Crippen molar-refractivity contribution in [2.24, 2.45) is 0 Å². The summed E-state index contributed by atoms with van der Waals surface area (Å²) in [6, 6.07) is 35.1. The van der Waals surface area contributed by atoms with Crippen LogP contribution in [0.15, 0.2) is 106 Å². The number of hydrogen-bond donors (Lipinski definition) is 0. The molecule has 0 unspecified atom stereocenters. The largest absolute Gasteiger partial charge is 2.00 e. The molecule has 33 heavy (non-hydrogen) atoms. The minimum Gasteiger partial charge on any atom is -0.496 e. The van der Waals surface area contributed by atoms with Crippen molar-refractivity contribution in [3.8, 4) is 21.8 Å². The van der Waals surface area contributed by atoms with Gasteiger partial charge >= 0.3 is 21.1 Å². The van der Waals surface area contributed by atoms with E-state index in [1.807, 2.05) is 84.9 Å². The van der Waals surface area contributed by atoms with Gasteiger partial charge in [-0.1, -0.05) is 47.9 Å². The summed E-state index contributed by atoms with van der Waals surface area (Å²) in [5.41, 5.74) is 3.43. The maximum atomic E-state index is 12.1. The minimum atomic E-state index is -0.400. The molecule has 0 aliphatic heterocycles. The van der Waals surface area contributed by atoms with Crippen molar-refractivity contribution in [1.29, 1.82) is 0 Å². The van der Waals surface area contributed by atoms with Crippen LogP contribution in [-0.4, -0.2) is 9.97 Å². The van der Waals surface area contributed by atoms with E-state index < -0.39 is 5.63 Å². The number of aromatic nitrogens is 2. The van der Waals surface area contributed by atoms with Gasteiger partial charge in [-0.3, -0.25) is 9.78 Å². The van der Waals surface area contributed by atoms with E-state index in [0.29, 0.717) is 16.2 Å². The fraction of sp³-hybridized carbons (Fsp3) is 0. The van der Waals surface area contributed by atoms with Crippen LogP contribution in [0.4, 0.5) is 0 Å². The van der Waals surface area contributed by atoms with Gasteiger partial charge in [-0.2, -0.15) is 11.3 Å². The third-order valence-corrected chi connectivity index (χ3v) is 5.77. The van der Waals surface area contributed by atoms with Gasteiger partial charge in [0.1, 0.15) is 0 Å².